The Bertz CT molecular complexity index is 302. The molecule has 14 heavy (non-hydrogen) atoms. The van der Waals surface area contributed by atoms with Gasteiger partial charge < -0.3 is 5.32 Å². The van der Waals surface area contributed by atoms with Crippen LogP contribution in [0.2, 0.25) is 0 Å². The van der Waals surface area contributed by atoms with Crippen molar-refractivity contribution in [3.63, 3.8) is 0 Å². The molecule has 78 valence electrons. The third kappa shape index (κ3) is 3.04. The number of hydrogen-bond donors (Lipinski definition) is 1. The van der Waals surface area contributed by atoms with Crippen molar-refractivity contribution >= 4 is 31.9 Å². The van der Waals surface area contributed by atoms with Crippen LogP contribution in [0, 0.1) is 0 Å². The van der Waals surface area contributed by atoms with Crippen LogP contribution in [-0.2, 0) is 0 Å². The molecule has 0 aromatic carbocycles. The maximum absolute atomic E-state index is 4.41. The summed E-state index contributed by atoms with van der Waals surface area (Å²) in [6, 6.07) is 2.37. The average Bonchev–Trinajstić information content (AvgIpc) is 2.15. The van der Waals surface area contributed by atoms with E-state index in [0.29, 0.717) is 6.04 Å². The van der Waals surface area contributed by atoms with E-state index in [0.717, 1.165) is 27.6 Å². The maximum Gasteiger partial charge on any atom is 0.0715 e. The van der Waals surface area contributed by atoms with E-state index >= 15 is 0 Å². The Labute approximate surface area is 102 Å². The van der Waals surface area contributed by atoms with Gasteiger partial charge in [-0.15, -0.1) is 0 Å². The molecule has 1 unspecified atom stereocenters. The fourth-order valence-electron chi connectivity index (χ4n) is 1.36. The molecule has 0 aliphatic heterocycles. The molecule has 1 rings (SSSR count). The Morgan fingerprint density at radius 2 is 2.14 bits per heavy atom. The molecule has 1 atom stereocenters. The van der Waals surface area contributed by atoms with E-state index in [-0.39, 0.29) is 0 Å². The van der Waals surface area contributed by atoms with Gasteiger partial charge in [0.15, 0.2) is 0 Å². The summed E-state index contributed by atoms with van der Waals surface area (Å²) >= 11 is 6.92. The minimum Gasteiger partial charge on any atom is -0.309 e. The van der Waals surface area contributed by atoms with E-state index < -0.39 is 0 Å². The second-order valence-corrected chi connectivity index (χ2v) is 4.81. The first kappa shape index (κ1) is 12.1. The minimum absolute atomic E-state index is 0.336. The van der Waals surface area contributed by atoms with Crippen molar-refractivity contribution in [2.24, 2.45) is 0 Å². The van der Waals surface area contributed by atoms with Crippen molar-refractivity contribution in [3.8, 4) is 0 Å². The van der Waals surface area contributed by atoms with Crippen LogP contribution in [0.1, 0.15) is 32.0 Å². The zero-order valence-electron chi connectivity index (χ0n) is 8.35. The summed E-state index contributed by atoms with van der Waals surface area (Å²) in [6.07, 6.45) is 2.88. The van der Waals surface area contributed by atoms with E-state index in [9.17, 15) is 0 Å². The van der Waals surface area contributed by atoms with Crippen LogP contribution >= 0.6 is 31.9 Å². The van der Waals surface area contributed by atoms with Crippen LogP contribution in [-0.4, -0.2) is 11.5 Å². The highest BCUT2D eigenvalue weighted by molar-refractivity contribution is 9.11. The van der Waals surface area contributed by atoms with Crippen LogP contribution in [0.3, 0.4) is 0 Å². The predicted molar refractivity (Wildman–Crippen MR) is 66.3 cm³/mol. The van der Waals surface area contributed by atoms with Crippen molar-refractivity contribution < 1.29 is 0 Å². The van der Waals surface area contributed by atoms with Gasteiger partial charge in [-0.3, -0.25) is 4.98 Å². The summed E-state index contributed by atoms with van der Waals surface area (Å²) in [4.78, 5) is 4.41. The fourth-order valence-corrected chi connectivity index (χ4v) is 2.63. The fraction of sp³-hybridized carbons (Fsp3) is 0.500. The van der Waals surface area contributed by atoms with E-state index in [1.54, 1.807) is 0 Å². The summed E-state index contributed by atoms with van der Waals surface area (Å²) in [5, 5.41) is 3.40. The minimum atomic E-state index is 0.336. The second-order valence-electron chi connectivity index (χ2n) is 3.04. The van der Waals surface area contributed by atoms with Crippen LogP contribution in [0.25, 0.3) is 0 Å². The quantitative estimate of drug-likeness (QED) is 0.915. The molecule has 0 aliphatic rings. The summed E-state index contributed by atoms with van der Waals surface area (Å²) in [6.45, 7) is 5.22. The van der Waals surface area contributed by atoms with Gasteiger partial charge in [0.2, 0.25) is 0 Å². The van der Waals surface area contributed by atoms with Gasteiger partial charge in [0, 0.05) is 15.1 Å². The highest BCUT2D eigenvalue weighted by atomic mass is 79.9. The second kappa shape index (κ2) is 5.83. The summed E-state index contributed by atoms with van der Waals surface area (Å²) in [5.74, 6) is 0. The smallest absolute Gasteiger partial charge is 0.0715 e. The number of rotatable bonds is 4. The first-order chi connectivity index (χ1) is 6.69. The Balaban J connectivity index is 2.92. The van der Waals surface area contributed by atoms with Crippen LogP contribution < -0.4 is 5.32 Å². The molecule has 0 aliphatic carbocycles. The van der Waals surface area contributed by atoms with Gasteiger partial charge in [-0.25, -0.2) is 0 Å². The number of aromatic nitrogens is 1. The zero-order valence-corrected chi connectivity index (χ0v) is 11.5. The molecule has 0 radical (unpaired) electrons. The molecule has 0 saturated carbocycles. The molecule has 1 aromatic rings. The number of halogens is 2. The first-order valence-corrected chi connectivity index (χ1v) is 6.32. The molecular weight excluding hydrogens is 308 g/mol. The summed E-state index contributed by atoms with van der Waals surface area (Å²) < 4.78 is 2.05. The molecule has 2 nitrogen and oxygen atoms in total. The highest BCUT2D eigenvalue weighted by Gasteiger charge is 2.12. The Hall–Kier alpha value is 0.0700. The van der Waals surface area contributed by atoms with Gasteiger partial charge in [-0.05, 0) is 50.9 Å². The maximum atomic E-state index is 4.41. The zero-order chi connectivity index (χ0) is 10.6. The number of nitrogens with one attached hydrogen (secondary N) is 1. The van der Waals surface area contributed by atoms with Crippen molar-refractivity contribution in [3.05, 3.63) is 26.9 Å². The van der Waals surface area contributed by atoms with Crippen LogP contribution in [0.15, 0.2) is 21.2 Å². The number of hydrogen-bond acceptors (Lipinski definition) is 2. The number of pyridine rings is 1. The van der Waals surface area contributed by atoms with Crippen LogP contribution in [0.5, 0.6) is 0 Å². The Kier molecular flexibility index (Phi) is 5.06. The highest BCUT2D eigenvalue weighted by Crippen LogP contribution is 2.25. The Morgan fingerprint density at radius 3 is 2.64 bits per heavy atom. The normalized spacial score (nSPS) is 12.9. The van der Waals surface area contributed by atoms with Crippen molar-refractivity contribution in [2.75, 3.05) is 6.54 Å². The van der Waals surface area contributed by atoms with Gasteiger partial charge in [-0.1, -0.05) is 13.8 Å². The monoisotopic (exact) mass is 320 g/mol. The van der Waals surface area contributed by atoms with Gasteiger partial charge >= 0.3 is 0 Å². The van der Waals surface area contributed by atoms with E-state index in [1.165, 1.54) is 0 Å². The Morgan fingerprint density at radius 1 is 1.43 bits per heavy atom. The lowest BCUT2D eigenvalue weighted by Gasteiger charge is -2.16. The van der Waals surface area contributed by atoms with E-state index in [2.05, 4.69) is 56.0 Å². The molecule has 0 fully saturated rings. The molecular formula is C10H14Br2N2. The standard InChI is InChI=1S/C10H14Br2N2/c1-3-9(13-4-2)10-8(12)5-7(11)6-14-10/h5-6,9,13H,3-4H2,1-2H3. The van der Waals surface area contributed by atoms with Crippen LogP contribution in [0.4, 0.5) is 0 Å². The lowest BCUT2D eigenvalue weighted by atomic mass is 10.1. The predicted octanol–water partition coefficient (Wildman–Crippen LogP) is 3.67. The van der Waals surface area contributed by atoms with Gasteiger partial charge in [-0.2, -0.15) is 0 Å². The summed E-state index contributed by atoms with van der Waals surface area (Å²) in [7, 11) is 0. The molecule has 0 bridgehead atoms. The third-order valence-corrected chi connectivity index (χ3v) is 3.09. The topological polar surface area (TPSA) is 24.9 Å². The molecule has 0 saturated heterocycles. The van der Waals surface area contributed by atoms with Crippen molar-refractivity contribution in [1.82, 2.24) is 10.3 Å². The molecule has 0 amide bonds. The summed E-state index contributed by atoms with van der Waals surface area (Å²) in [5.41, 5.74) is 1.08. The van der Waals surface area contributed by atoms with Crippen molar-refractivity contribution in [1.29, 1.82) is 0 Å². The largest absolute Gasteiger partial charge is 0.309 e. The molecule has 1 heterocycles. The van der Waals surface area contributed by atoms with Crippen molar-refractivity contribution in [2.45, 2.75) is 26.3 Å². The SMILES string of the molecule is CCNC(CC)c1ncc(Br)cc1Br. The first-order valence-electron chi connectivity index (χ1n) is 4.73. The lowest BCUT2D eigenvalue weighted by Crippen LogP contribution is -2.21. The van der Waals surface area contributed by atoms with Gasteiger partial charge in [0.05, 0.1) is 11.7 Å². The van der Waals surface area contributed by atoms with E-state index in [4.69, 9.17) is 0 Å². The van der Waals surface area contributed by atoms with E-state index in [1.807, 2.05) is 12.3 Å². The molecule has 4 heteroatoms. The average molecular weight is 322 g/mol. The lowest BCUT2D eigenvalue weighted by molar-refractivity contribution is 0.522. The molecule has 1 N–H and O–H groups in total. The van der Waals surface area contributed by atoms with Gasteiger partial charge in [0.25, 0.3) is 0 Å². The molecule has 0 spiro atoms. The van der Waals surface area contributed by atoms with Gasteiger partial charge in [0.1, 0.15) is 0 Å². The molecule has 1 aromatic heterocycles. The number of nitrogens with zero attached hydrogens (tertiary/aromatic N) is 1. The third-order valence-electron chi connectivity index (χ3n) is 2.03.